The van der Waals surface area contributed by atoms with Crippen LogP contribution in [0.15, 0.2) is 72.8 Å². The Kier molecular flexibility index (Phi) is 3.76. The molecule has 126 valence electrons. The average Bonchev–Trinajstić information content (AvgIpc) is 3.05. The molecule has 0 atom stereocenters. The maximum Gasteiger partial charge on any atom is 0.0434 e. The summed E-state index contributed by atoms with van der Waals surface area (Å²) in [5.74, 6) is 0. The van der Waals surface area contributed by atoms with Crippen molar-refractivity contribution in [1.82, 2.24) is 0 Å². The van der Waals surface area contributed by atoms with Crippen LogP contribution in [0.25, 0.3) is 47.8 Å². The molecule has 0 aliphatic heterocycles. The first kappa shape index (κ1) is 15.6. The smallest absolute Gasteiger partial charge is 0.0434 e. The summed E-state index contributed by atoms with van der Waals surface area (Å²) in [6.45, 7) is 2.22. The molecular weight excluding hydrogens is 332 g/mol. The van der Waals surface area contributed by atoms with Gasteiger partial charge >= 0.3 is 0 Å². The zero-order valence-electron chi connectivity index (χ0n) is 14.8. The Labute approximate surface area is 157 Å². The zero-order chi connectivity index (χ0) is 17.5. The number of rotatable bonds is 3. The SMILES string of the molecule is CCCC=Cc1ccc2sc3c4cc5ccccc5cc4ccc3c2c1. The van der Waals surface area contributed by atoms with E-state index in [-0.39, 0.29) is 0 Å². The van der Waals surface area contributed by atoms with E-state index in [0.717, 1.165) is 6.42 Å². The van der Waals surface area contributed by atoms with Crippen molar-refractivity contribution in [2.45, 2.75) is 19.8 Å². The van der Waals surface area contributed by atoms with Gasteiger partial charge in [-0.25, -0.2) is 0 Å². The number of allylic oxidation sites excluding steroid dienone is 1. The second-order valence-electron chi connectivity index (χ2n) is 6.91. The van der Waals surface area contributed by atoms with Crippen molar-refractivity contribution in [3.05, 3.63) is 78.4 Å². The van der Waals surface area contributed by atoms with Gasteiger partial charge in [0.1, 0.15) is 0 Å². The monoisotopic (exact) mass is 352 g/mol. The van der Waals surface area contributed by atoms with Crippen LogP contribution in [-0.4, -0.2) is 0 Å². The highest BCUT2D eigenvalue weighted by Gasteiger charge is 2.09. The van der Waals surface area contributed by atoms with Crippen LogP contribution in [0.4, 0.5) is 0 Å². The molecular formula is C25H20S. The maximum absolute atomic E-state index is 2.35. The Balaban J connectivity index is 1.78. The molecule has 0 unspecified atom stereocenters. The molecule has 0 aliphatic carbocycles. The van der Waals surface area contributed by atoms with Crippen LogP contribution in [0.5, 0.6) is 0 Å². The van der Waals surface area contributed by atoms with E-state index in [1.54, 1.807) is 0 Å². The minimum Gasteiger partial charge on any atom is -0.135 e. The molecule has 1 aromatic heterocycles. The van der Waals surface area contributed by atoms with E-state index < -0.39 is 0 Å². The molecule has 1 heterocycles. The van der Waals surface area contributed by atoms with Gasteiger partial charge in [-0.2, -0.15) is 0 Å². The predicted octanol–water partition coefficient (Wildman–Crippen LogP) is 8.17. The molecule has 5 aromatic rings. The van der Waals surface area contributed by atoms with E-state index in [1.165, 1.54) is 53.7 Å². The molecule has 0 nitrogen and oxygen atoms in total. The third-order valence-corrected chi connectivity index (χ3v) is 6.33. The van der Waals surface area contributed by atoms with Crippen molar-refractivity contribution >= 4 is 59.1 Å². The van der Waals surface area contributed by atoms with E-state index in [4.69, 9.17) is 0 Å². The molecule has 0 aliphatic rings. The lowest BCUT2D eigenvalue weighted by Crippen LogP contribution is -1.77. The Morgan fingerprint density at radius 3 is 2.46 bits per heavy atom. The van der Waals surface area contributed by atoms with Crippen molar-refractivity contribution in [3.8, 4) is 0 Å². The fourth-order valence-electron chi connectivity index (χ4n) is 3.76. The highest BCUT2D eigenvalue weighted by atomic mass is 32.1. The fraction of sp³-hybridized carbons (Fsp3) is 0.120. The number of unbranched alkanes of at least 4 members (excludes halogenated alkanes) is 1. The molecule has 26 heavy (non-hydrogen) atoms. The summed E-state index contributed by atoms with van der Waals surface area (Å²) in [5.41, 5.74) is 1.30. The summed E-state index contributed by atoms with van der Waals surface area (Å²) in [6, 6.07) is 24.7. The van der Waals surface area contributed by atoms with Crippen molar-refractivity contribution in [2.24, 2.45) is 0 Å². The molecule has 0 spiro atoms. The fourth-order valence-corrected chi connectivity index (χ4v) is 4.96. The average molecular weight is 353 g/mol. The van der Waals surface area contributed by atoms with Gasteiger partial charge in [-0.1, -0.05) is 68.0 Å². The van der Waals surface area contributed by atoms with Crippen LogP contribution in [0.1, 0.15) is 25.3 Å². The van der Waals surface area contributed by atoms with Gasteiger partial charge in [-0.3, -0.25) is 0 Å². The van der Waals surface area contributed by atoms with E-state index in [0.29, 0.717) is 0 Å². The summed E-state index contributed by atoms with van der Waals surface area (Å²) >= 11 is 1.91. The molecule has 0 N–H and O–H groups in total. The quantitative estimate of drug-likeness (QED) is 0.287. The predicted molar refractivity (Wildman–Crippen MR) is 118 cm³/mol. The van der Waals surface area contributed by atoms with E-state index in [9.17, 15) is 0 Å². The second kappa shape index (κ2) is 6.26. The second-order valence-corrected chi connectivity index (χ2v) is 7.96. The van der Waals surface area contributed by atoms with Crippen molar-refractivity contribution in [2.75, 3.05) is 0 Å². The molecule has 5 rings (SSSR count). The van der Waals surface area contributed by atoms with Gasteiger partial charge < -0.3 is 0 Å². The molecule has 0 radical (unpaired) electrons. The molecule has 4 aromatic carbocycles. The lowest BCUT2D eigenvalue weighted by Gasteiger charge is -2.03. The number of benzene rings is 4. The highest BCUT2D eigenvalue weighted by Crippen LogP contribution is 2.40. The molecule has 0 bridgehead atoms. The minimum atomic E-state index is 1.14. The van der Waals surface area contributed by atoms with Crippen molar-refractivity contribution in [1.29, 1.82) is 0 Å². The number of thiophene rings is 1. The van der Waals surface area contributed by atoms with Crippen LogP contribution in [0.2, 0.25) is 0 Å². The number of hydrogen-bond donors (Lipinski definition) is 0. The van der Waals surface area contributed by atoms with Crippen molar-refractivity contribution in [3.63, 3.8) is 0 Å². The lowest BCUT2D eigenvalue weighted by atomic mass is 10.0. The first-order valence-electron chi connectivity index (χ1n) is 9.28. The van der Waals surface area contributed by atoms with Gasteiger partial charge in [0.15, 0.2) is 0 Å². The number of hydrogen-bond acceptors (Lipinski definition) is 1. The van der Waals surface area contributed by atoms with Crippen LogP contribution in [0.3, 0.4) is 0 Å². The molecule has 0 saturated carbocycles. The maximum atomic E-state index is 2.35. The Bertz CT molecular complexity index is 1290. The van der Waals surface area contributed by atoms with Crippen LogP contribution in [-0.2, 0) is 0 Å². The lowest BCUT2D eigenvalue weighted by molar-refractivity contribution is 0.962. The summed E-state index contributed by atoms with van der Waals surface area (Å²) in [6.07, 6.45) is 6.86. The first-order valence-corrected chi connectivity index (χ1v) is 10.1. The largest absolute Gasteiger partial charge is 0.135 e. The van der Waals surface area contributed by atoms with Gasteiger partial charge in [-0.05, 0) is 52.4 Å². The van der Waals surface area contributed by atoms with Crippen molar-refractivity contribution < 1.29 is 0 Å². The van der Waals surface area contributed by atoms with Crippen LogP contribution >= 0.6 is 11.3 Å². The Morgan fingerprint density at radius 1 is 0.769 bits per heavy atom. The van der Waals surface area contributed by atoms with Gasteiger partial charge in [0, 0.05) is 25.6 Å². The summed E-state index contributed by atoms with van der Waals surface area (Å²) in [7, 11) is 0. The molecule has 0 saturated heterocycles. The first-order chi connectivity index (χ1) is 12.8. The van der Waals surface area contributed by atoms with Gasteiger partial charge in [0.2, 0.25) is 0 Å². The topological polar surface area (TPSA) is 0 Å². The Morgan fingerprint density at radius 2 is 1.62 bits per heavy atom. The normalized spacial score (nSPS) is 12.2. The highest BCUT2D eigenvalue weighted by molar-refractivity contribution is 7.26. The van der Waals surface area contributed by atoms with E-state index in [1.807, 2.05) is 11.3 Å². The molecule has 1 heteroatoms. The minimum absolute atomic E-state index is 1.14. The molecule has 0 amide bonds. The van der Waals surface area contributed by atoms with Gasteiger partial charge in [0.05, 0.1) is 0 Å². The van der Waals surface area contributed by atoms with Gasteiger partial charge in [0.25, 0.3) is 0 Å². The van der Waals surface area contributed by atoms with Gasteiger partial charge in [-0.15, -0.1) is 11.3 Å². The van der Waals surface area contributed by atoms with E-state index >= 15 is 0 Å². The summed E-state index contributed by atoms with van der Waals surface area (Å²) in [5, 5.41) is 8.06. The summed E-state index contributed by atoms with van der Waals surface area (Å²) in [4.78, 5) is 0. The third kappa shape index (κ3) is 2.51. The standard InChI is InChI=1S/C25H20S/c1-2-3-4-7-17-10-13-24-23(14-17)21-12-11-20-15-18-8-5-6-9-19(18)16-22(20)25(21)26-24/h4-16H,2-3H2,1H3. The van der Waals surface area contributed by atoms with Crippen LogP contribution in [0, 0.1) is 0 Å². The molecule has 0 fully saturated rings. The van der Waals surface area contributed by atoms with E-state index in [2.05, 4.69) is 85.8 Å². The van der Waals surface area contributed by atoms with Crippen LogP contribution < -0.4 is 0 Å². The summed E-state index contributed by atoms with van der Waals surface area (Å²) < 4.78 is 2.77. The number of fused-ring (bicyclic) bond motifs is 6. The zero-order valence-corrected chi connectivity index (χ0v) is 15.6. The third-order valence-electron chi connectivity index (χ3n) is 5.11. The Hall–Kier alpha value is -2.64.